The topological polar surface area (TPSA) is 155 Å². The van der Waals surface area contributed by atoms with Gasteiger partial charge in [0.2, 0.25) is 0 Å². The lowest BCUT2D eigenvalue weighted by Crippen LogP contribution is -2.28. The zero-order valence-electron chi connectivity index (χ0n) is 16.5. The van der Waals surface area contributed by atoms with E-state index in [2.05, 4.69) is 19.8 Å². The first kappa shape index (κ1) is 20.7. The molecule has 0 fully saturated rings. The van der Waals surface area contributed by atoms with Crippen molar-refractivity contribution in [3.63, 3.8) is 0 Å². The van der Waals surface area contributed by atoms with E-state index >= 15 is 0 Å². The molecule has 4 aromatic rings. The molecule has 0 aliphatic carbocycles. The van der Waals surface area contributed by atoms with E-state index in [4.69, 9.17) is 0 Å². The second-order valence-electron chi connectivity index (χ2n) is 6.81. The third-order valence-corrected chi connectivity index (χ3v) is 4.69. The van der Waals surface area contributed by atoms with E-state index in [-0.39, 0.29) is 36.4 Å². The van der Waals surface area contributed by atoms with Gasteiger partial charge in [0.05, 0.1) is 29.8 Å². The summed E-state index contributed by atoms with van der Waals surface area (Å²) in [6, 6.07) is 8.43. The van der Waals surface area contributed by atoms with Crippen LogP contribution in [0.1, 0.15) is 15.9 Å². The highest BCUT2D eigenvalue weighted by Gasteiger charge is 2.12. The molecule has 0 atom stereocenters. The van der Waals surface area contributed by atoms with Crippen LogP contribution in [0.5, 0.6) is 0 Å². The summed E-state index contributed by atoms with van der Waals surface area (Å²) in [6.07, 6.45) is 3.87. The predicted octanol–water partition coefficient (Wildman–Crippen LogP) is 0.933. The van der Waals surface area contributed by atoms with Gasteiger partial charge in [0.25, 0.3) is 17.2 Å². The molecule has 1 aromatic carbocycles. The van der Waals surface area contributed by atoms with Crippen molar-refractivity contribution in [2.75, 3.05) is 6.54 Å². The third kappa shape index (κ3) is 4.28. The summed E-state index contributed by atoms with van der Waals surface area (Å²) in [6.45, 7) is 0.682. The molecular formula is C20H16N6O6. The lowest BCUT2D eigenvalue weighted by atomic mass is 10.2. The van der Waals surface area contributed by atoms with Gasteiger partial charge in [-0.3, -0.25) is 24.3 Å². The van der Waals surface area contributed by atoms with Gasteiger partial charge in [-0.15, -0.1) is 0 Å². The molecule has 3 aromatic heterocycles. The Labute approximate surface area is 178 Å². The number of benzene rings is 1. The molecular weight excluding hydrogens is 420 g/mol. The Morgan fingerprint density at radius 3 is 2.62 bits per heavy atom. The number of carbonyl (C=O) groups excluding carboxylic acids is 1. The number of nitrogens with one attached hydrogen (secondary N) is 1. The average molecular weight is 436 g/mol. The van der Waals surface area contributed by atoms with E-state index in [1.165, 1.54) is 40.0 Å². The number of hydrogen-bond acceptors (Lipinski definition) is 8. The largest absolute Gasteiger partial charge is 0.430 e. The van der Waals surface area contributed by atoms with E-state index in [0.717, 1.165) is 12.3 Å². The molecule has 1 N–H and O–H groups in total. The molecule has 0 aliphatic heterocycles. The van der Waals surface area contributed by atoms with Crippen LogP contribution in [0.3, 0.4) is 0 Å². The van der Waals surface area contributed by atoms with Crippen LogP contribution in [-0.2, 0) is 13.1 Å². The Kier molecular flexibility index (Phi) is 5.57. The highest BCUT2D eigenvalue weighted by molar-refractivity contribution is 5.93. The number of amides is 1. The molecule has 0 radical (unpaired) electrons. The van der Waals surface area contributed by atoms with Crippen molar-refractivity contribution in [1.29, 1.82) is 0 Å². The number of rotatable bonds is 7. The minimum absolute atomic E-state index is 0.0279. The predicted molar refractivity (Wildman–Crippen MR) is 111 cm³/mol. The van der Waals surface area contributed by atoms with Crippen molar-refractivity contribution in [3.8, 4) is 0 Å². The monoisotopic (exact) mass is 436 g/mol. The fourth-order valence-electron chi connectivity index (χ4n) is 3.06. The van der Waals surface area contributed by atoms with Crippen molar-refractivity contribution < 1.29 is 14.1 Å². The number of carbonyl (C=O) groups is 1. The Morgan fingerprint density at radius 1 is 1.16 bits per heavy atom. The maximum atomic E-state index is 12.8. The van der Waals surface area contributed by atoms with Crippen molar-refractivity contribution >= 4 is 22.6 Å². The van der Waals surface area contributed by atoms with E-state index in [1.54, 1.807) is 12.1 Å². The summed E-state index contributed by atoms with van der Waals surface area (Å²) >= 11 is 0. The highest BCUT2D eigenvalue weighted by Crippen LogP contribution is 2.13. The van der Waals surface area contributed by atoms with Crippen LogP contribution < -0.4 is 16.5 Å². The number of nitro groups is 1. The van der Waals surface area contributed by atoms with Gasteiger partial charge >= 0.3 is 5.63 Å². The molecule has 12 heteroatoms. The number of non-ortho nitro benzene ring substituents is 1. The van der Waals surface area contributed by atoms with E-state index in [9.17, 15) is 24.5 Å². The highest BCUT2D eigenvalue weighted by atomic mass is 16.6. The summed E-state index contributed by atoms with van der Waals surface area (Å²) in [5.74, 6) is -0.413. The van der Waals surface area contributed by atoms with Crippen LogP contribution in [0.25, 0.3) is 11.0 Å². The fraction of sp³-hybridized carbons (Fsp3) is 0.150. The minimum Gasteiger partial charge on any atom is -0.430 e. The number of nitrogens with zero attached hydrogens (tertiary/aromatic N) is 5. The number of hydrogen-bond donors (Lipinski definition) is 1. The van der Waals surface area contributed by atoms with E-state index in [0.29, 0.717) is 16.6 Å². The Bertz CT molecular complexity index is 1400. The van der Waals surface area contributed by atoms with Gasteiger partial charge in [0, 0.05) is 24.7 Å². The SMILES string of the molecule is O=C(NCCn1ncc2c(=O)n(Cc3ccc([N+](=O)[O-])cc3)cnc21)c1ccc(=O)oc1. The maximum Gasteiger partial charge on any atom is 0.335 e. The van der Waals surface area contributed by atoms with Gasteiger partial charge in [-0.1, -0.05) is 12.1 Å². The lowest BCUT2D eigenvalue weighted by Gasteiger charge is -2.07. The molecule has 0 aliphatic rings. The number of nitro benzene ring substituents is 1. The van der Waals surface area contributed by atoms with Gasteiger partial charge < -0.3 is 9.73 Å². The molecule has 0 spiro atoms. The second kappa shape index (κ2) is 8.63. The average Bonchev–Trinajstić information content (AvgIpc) is 3.20. The van der Waals surface area contributed by atoms with Gasteiger partial charge in [0.15, 0.2) is 5.65 Å². The smallest absolute Gasteiger partial charge is 0.335 e. The van der Waals surface area contributed by atoms with Crippen molar-refractivity contribution in [2.24, 2.45) is 0 Å². The maximum absolute atomic E-state index is 12.8. The molecule has 0 saturated heterocycles. The van der Waals surface area contributed by atoms with Crippen LogP contribution in [0, 0.1) is 10.1 Å². The van der Waals surface area contributed by atoms with E-state index < -0.39 is 16.5 Å². The molecule has 162 valence electrons. The molecule has 32 heavy (non-hydrogen) atoms. The van der Waals surface area contributed by atoms with Gasteiger partial charge in [-0.05, 0) is 11.6 Å². The Hall–Kier alpha value is -4.61. The van der Waals surface area contributed by atoms with Crippen molar-refractivity contribution in [1.82, 2.24) is 24.6 Å². The quantitative estimate of drug-likeness (QED) is 0.331. The Morgan fingerprint density at radius 2 is 1.94 bits per heavy atom. The summed E-state index contributed by atoms with van der Waals surface area (Å²) < 4.78 is 7.55. The molecule has 12 nitrogen and oxygen atoms in total. The zero-order valence-corrected chi connectivity index (χ0v) is 16.5. The van der Waals surface area contributed by atoms with Crippen molar-refractivity contribution in [3.05, 3.63) is 97.2 Å². The first-order valence-corrected chi connectivity index (χ1v) is 9.44. The third-order valence-electron chi connectivity index (χ3n) is 4.69. The first-order chi connectivity index (χ1) is 15.4. The van der Waals surface area contributed by atoms with Crippen LogP contribution >= 0.6 is 0 Å². The number of fused-ring (bicyclic) bond motifs is 1. The second-order valence-corrected chi connectivity index (χ2v) is 6.81. The van der Waals surface area contributed by atoms with E-state index in [1.807, 2.05) is 0 Å². The first-order valence-electron chi connectivity index (χ1n) is 9.44. The molecule has 1 amide bonds. The van der Waals surface area contributed by atoms with Crippen LogP contribution in [0.15, 0.2) is 69.2 Å². The summed E-state index contributed by atoms with van der Waals surface area (Å²) in [5, 5.41) is 17.9. The summed E-state index contributed by atoms with van der Waals surface area (Å²) in [5.41, 5.74) is 0.417. The van der Waals surface area contributed by atoms with Gasteiger partial charge in [-0.2, -0.15) is 5.10 Å². The zero-order chi connectivity index (χ0) is 22.7. The summed E-state index contributed by atoms with van der Waals surface area (Å²) in [7, 11) is 0. The summed E-state index contributed by atoms with van der Waals surface area (Å²) in [4.78, 5) is 50.4. The molecule has 3 heterocycles. The van der Waals surface area contributed by atoms with Gasteiger partial charge in [-0.25, -0.2) is 14.5 Å². The molecule has 0 unspecified atom stereocenters. The van der Waals surface area contributed by atoms with Crippen LogP contribution in [0.4, 0.5) is 5.69 Å². The molecule has 0 saturated carbocycles. The number of aromatic nitrogens is 4. The van der Waals surface area contributed by atoms with Crippen LogP contribution in [-0.4, -0.2) is 36.7 Å². The molecule has 4 rings (SSSR count). The standard InChI is InChI=1S/C20H16N6O6/c27-17-6-3-14(11-32-17)19(28)21-7-8-25-18-16(9-23-25)20(29)24(12-22-18)10-13-1-4-15(5-2-13)26(30)31/h1-6,9,11-12H,7-8,10H2,(H,21,28). The molecule has 0 bridgehead atoms. The lowest BCUT2D eigenvalue weighted by molar-refractivity contribution is -0.384. The van der Waals surface area contributed by atoms with Crippen LogP contribution in [0.2, 0.25) is 0 Å². The van der Waals surface area contributed by atoms with Gasteiger partial charge in [0.1, 0.15) is 18.0 Å². The van der Waals surface area contributed by atoms with Crippen molar-refractivity contribution in [2.45, 2.75) is 13.1 Å². The Balaban J connectivity index is 1.44. The normalized spacial score (nSPS) is 10.9. The fourth-order valence-corrected chi connectivity index (χ4v) is 3.06. The minimum atomic E-state index is -0.546.